The van der Waals surface area contributed by atoms with Crippen molar-refractivity contribution in [3.8, 4) is 0 Å². The molecule has 1 rings (SSSR count). The highest BCUT2D eigenvalue weighted by Crippen LogP contribution is 2.38. The van der Waals surface area contributed by atoms with Gasteiger partial charge in [0.15, 0.2) is 0 Å². The van der Waals surface area contributed by atoms with Crippen LogP contribution in [-0.2, 0) is 9.59 Å². The first kappa shape index (κ1) is 17.0. The molecule has 0 aromatic carbocycles. The number of carbonyl (C=O) groups is 2. The maximum Gasteiger partial charge on any atom is 0.305 e. The molecule has 1 aliphatic rings. The van der Waals surface area contributed by atoms with Crippen LogP contribution in [0.1, 0.15) is 58.8 Å². The predicted octanol–water partition coefficient (Wildman–Crippen LogP) is 2.00. The molecule has 1 fully saturated rings. The van der Waals surface area contributed by atoms with Crippen LogP contribution in [0.2, 0.25) is 0 Å². The molecular weight excluding hydrogens is 256 g/mol. The average Bonchev–Trinajstić information content (AvgIpc) is 2.39. The summed E-state index contributed by atoms with van der Waals surface area (Å²) in [5, 5.41) is 8.79. The Kier molecular flexibility index (Phi) is 6.46. The minimum absolute atomic E-state index is 0.000451. The molecule has 1 amide bonds. The zero-order chi connectivity index (χ0) is 15.2. The Morgan fingerprint density at radius 2 is 1.85 bits per heavy atom. The molecule has 0 aromatic heterocycles. The molecule has 1 saturated carbocycles. The number of rotatable bonds is 7. The number of carbonyl (C=O) groups excluding carboxylic acids is 1. The lowest BCUT2D eigenvalue weighted by Gasteiger charge is -2.38. The van der Waals surface area contributed by atoms with Crippen LogP contribution in [0.25, 0.3) is 0 Å². The Bertz CT molecular complexity index is 336. The molecule has 1 aliphatic carbocycles. The fourth-order valence-corrected chi connectivity index (χ4v) is 3.06. The molecule has 0 aromatic rings. The van der Waals surface area contributed by atoms with Gasteiger partial charge in [-0.1, -0.05) is 19.3 Å². The minimum Gasteiger partial charge on any atom is -0.481 e. The summed E-state index contributed by atoms with van der Waals surface area (Å²) in [4.78, 5) is 24.9. The first-order chi connectivity index (χ1) is 9.40. The van der Waals surface area contributed by atoms with Crippen molar-refractivity contribution in [1.82, 2.24) is 4.90 Å². The highest BCUT2D eigenvalue weighted by Gasteiger charge is 2.34. The summed E-state index contributed by atoms with van der Waals surface area (Å²) in [6.45, 7) is 4.68. The predicted molar refractivity (Wildman–Crippen MR) is 78.3 cm³/mol. The third kappa shape index (κ3) is 4.78. The summed E-state index contributed by atoms with van der Waals surface area (Å²) in [5.41, 5.74) is 5.86. The van der Waals surface area contributed by atoms with Gasteiger partial charge in [-0.3, -0.25) is 9.59 Å². The first-order valence-electron chi connectivity index (χ1n) is 7.61. The second-order valence-corrected chi connectivity index (χ2v) is 6.27. The van der Waals surface area contributed by atoms with Gasteiger partial charge in [-0.05, 0) is 38.6 Å². The number of hydrogen-bond acceptors (Lipinski definition) is 3. The van der Waals surface area contributed by atoms with Gasteiger partial charge < -0.3 is 15.7 Å². The van der Waals surface area contributed by atoms with Gasteiger partial charge in [0.05, 0.1) is 6.42 Å². The Morgan fingerprint density at radius 1 is 1.25 bits per heavy atom. The van der Waals surface area contributed by atoms with Gasteiger partial charge in [0.1, 0.15) is 0 Å². The molecule has 3 N–H and O–H groups in total. The van der Waals surface area contributed by atoms with Crippen molar-refractivity contribution in [3.63, 3.8) is 0 Å². The van der Waals surface area contributed by atoms with E-state index < -0.39 is 5.97 Å². The second-order valence-electron chi connectivity index (χ2n) is 6.27. The van der Waals surface area contributed by atoms with Crippen molar-refractivity contribution in [3.05, 3.63) is 0 Å². The number of nitrogens with two attached hydrogens (primary N) is 1. The zero-order valence-corrected chi connectivity index (χ0v) is 12.7. The van der Waals surface area contributed by atoms with Gasteiger partial charge in [-0.25, -0.2) is 0 Å². The molecule has 5 nitrogen and oxygen atoms in total. The largest absolute Gasteiger partial charge is 0.481 e. The molecule has 0 spiro atoms. The van der Waals surface area contributed by atoms with E-state index in [1.54, 1.807) is 4.90 Å². The number of hydrogen-bond donors (Lipinski definition) is 2. The Morgan fingerprint density at radius 3 is 2.30 bits per heavy atom. The average molecular weight is 284 g/mol. The van der Waals surface area contributed by atoms with Crippen molar-refractivity contribution < 1.29 is 14.7 Å². The fraction of sp³-hybridized carbons (Fsp3) is 0.867. The molecule has 0 saturated heterocycles. The van der Waals surface area contributed by atoms with E-state index in [1.165, 1.54) is 6.42 Å². The van der Waals surface area contributed by atoms with Crippen LogP contribution in [0.4, 0.5) is 0 Å². The van der Waals surface area contributed by atoms with E-state index in [9.17, 15) is 9.59 Å². The van der Waals surface area contributed by atoms with Crippen LogP contribution in [0.15, 0.2) is 0 Å². The van der Waals surface area contributed by atoms with Crippen molar-refractivity contribution in [1.29, 1.82) is 0 Å². The number of amides is 1. The molecule has 0 bridgehead atoms. The molecule has 116 valence electrons. The highest BCUT2D eigenvalue weighted by molar-refractivity contribution is 5.78. The maximum absolute atomic E-state index is 12.5. The van der Waals surface area contributed by atoms with E-state index in [2.05, 4.69) is 0 Å². The summed E-state index contributed by atoms with van der Waals surface area (Å²) in [6, 6.07) is 0.0280. The van der Waals surface area contributed by atoms with Gasteiger partial charge in [0, 0.05) is 19.0 Å². The van der Waals surface area contributed by atoms with Crippen molar-refractivity contribution in [2.24, 2.45) is 11.1 Å². The molecule has 0 heterocycles. The van der Waals surface area contributed by atoms with Gasteiger partial charge >= 0.3 is 5.97 Å². The first-order valence-corrected chi connectivity index (χ1v) is 7.61. The Labute approximate surface area is 121 Å². The fourth-order valence-electron chi connectivity index (χ4n) is 3.06. The molecule has 0 atom stereocenters. The minimum atomic E-state index is -0.866. The molecule has 0 unspecified atom stereocenters. The number of carboxylic acid groups (broad SMARTS) is 1. The van der Waals surface area contributed by atoms with E-state index in [-0.39, 0.29) is 30.3 Å². The van der Waals surface area contributed by atoms with Crippen LogP contribution in [0.5, 0.6) is 0 Å². The number of carboxylic acids is 1. The number of nitrogens with zero attached hydrogens (tertiary/aromatic N) is 1. The molecule has 20 heavy (non-hydrogen) atoms. The summed E-state index contributed by atoms with van der Waals surface area (Å²) in [6.07, 6.45) is 5.99. The lowest BCUT2D eigenvalue weighted by Crippen LogP contribution is -2.44. The molecule has 5 heteroatoms. The third-order valence-electron chi connectivity index (χ3n) is 4.38. The summed E-state index contributed by atoms with van der Waals surface area (Å²) >= 11 is 0. The lowest BCUT2D eigenvalue weighted by atomic mass is 9.71. The summed E-state index contributed by atoms with van der Waals surface area (Å²) in [7, 11) is 0. The van der Waals surface area contributed by atoms with Gasteiger partial charge in [0.2, 0.25) is 5.91 Å². The zero-order valence-electron chi connectivity index (χ0n) is 12.7. The molecule has 0 aliphatic heterocycles. The van der Waals surface area contributed by atoms with E-state index >= 15 is 0 Å². The van der Waals surface area contributed by atoms with E-state index in [0.29, 0.717) is 13.0 Å². The van der Waals surface area contributed by atoms with Crippen LogP contribution >= 0.6 is 0 Å². The standard InChI is InChI=1S/C15H28N2O3/c1-12(2)17(9-6-14(19)20)13(18)10-15(11-16)7-4-3-5-8-15/h12H,3-11,16H2,1-2H3,(H,19,20). The van der Waals surface area contributed by atoms with Crippen LogP contribution in [0.3, 0.4) is 0 Å². The summed E-state index contributed by atoms with van der Waals surface area (Å²) in [5.74, 6) is -0.816. The van der Waals surface area contributed by atoms with E-state index in [1.807, 2.05) is 13.8 Å². The Balaban J connectivity index is 2.66. The summed E-state index contributed by atoms with van der Waals surface area (Å²) < 4.78 is 0. The van der Waals surface area contributed by atoms with Crippen LogP contribution in [-0.4, -0.2) is 41.0 Å². The van der Waals surface area contributed by atoms with Crippen LogP contribution in [0, 0.1) is 5.41 Å². The normalized spacial score (nSPS) is 18.0. The van der Waals surface area contributed by atoms with Crippen LogP contribution < -0.4 is 5.73 Å². The second kappa shape index (κ2) is 7.62. The maximum atomic E-state index is 12.5. The lowest BCUT2D eigenvalue weighted by molar-refractivity contribution is -0.140. The van der Waals surface area contributed by atoms with E-state index in [0.717, 1.165) is 25.7 Å². The quantitative estimate of drug-likeness (QED) is 0.749. The highest BCUT2D eigenvalue weighted by atomic mass is 16.4. The SMILES string of the molecule is CC(C)N(CCC(=O)O)C(=O)CC1(CN)CCCCC1. The van der Waals surface area contributed by atoms with Crippen molar-refractivity contribution >= 4 is 11.9 Å². The van der Waals surface area contributed by atoms with Crippen molar-refractivity contribution in [2.45, 2.75) is 64.8 Å². The molecular formula is C15H28N2O3. The van der Waals surface area contributed by atoms with Gasteiger partial charge in [-0.2, -0.15) is 0 Å². The molecule has 0 radical (unpaired) electrons. The van der Waals surface area contributed by atoms with E-state index in [4.69, 9.17) is 10.8 Å². The van der Waals surface area contributed by atoms with Gasteiger partial charge in [-0.15, -0.1) is 0 Å². The Hall–Kier alpha value is -1.10. The third-order valence-corrected chi connectivity index (χ3v) is 4.38. The smallest absolute Gasteiger partial charge is 0.305 e. The topological polar surface area (TPSA) is 83.6 Å². The van der Waals surface area contributed by atoms with Crippen molar-refractivity contribution in [2.75, 3.05) is 13.1 Å². The van der Waals surface area contributed by atoms with Gasteiger partial charge in [0.25, 0.3) is 0 Å². The number of aliphatic carboxylic acids is 1. The monoisotopic (exact) mass is 284 g/mol.